The van der Waals surface area contributed by atoms with Crippen LogP contribution in [0.5, 0.6) is 5.75 Å². The van der Waals surface area contributed by atoms with E-state index in [0.29, 0.717) is 5.92 Å². The van der Waals surface area contributed by atoms with Crippen LogP contribution in [-0.2, 0) is 4.79 Å². The Labute approximate surface area is 123 Å². The topological polar surface area (TPSA) is 41.6 Å². The lowest BCUT2D eigenvalue weighted by atomic mass is 10.1. The number of nitrogens with one attached hydrogen (secondary N) is 1. The second-order valence-corrected chi connectivity index (χ2v) is 6.42. The highest BCUT2D eigenvalue weighted by molar-refractivity contribution is 5.92. The second-order valence-electron chi connectivity index (χ2n) is 6.42. The van der Waals surface area contributed by atoms with Gasteiger partial charge in [-0.3, -0.25) is 10.1 Å². The number of rotatable bonds is 4. The molecule has 1 unspecified atom stereocenters. The molecule has 3 fully saturated rings. The smallest absolute Gasteiger partial charge is 0.244 e. The number of carbonyl (C=O) groups is 1. The number of amides is 1. The number of halogens is 1. The van der Waals surface area contributed by atoms with Crippen LogP contribution in [0, 0.1) is 11.7 Å². The molecular weight excluding hydrogens is 271 g/mol. The zero-order valence-electron chi connectivity index (χ0n) is 12.1. The molecule has 1 N–H and O–H groups in total. The number of ether oxygens (including phenoxy) is 1. The SMILES string of the molecule is COc1ccc(C2NC3(CC3)C(=O)N2CC2CC2)cc1F. The minimum Gasteiger partial charge on any atom is -0.494 e. The standard InChI is InChI=1S/C16H19FN2O2/c1-21-13-5-4-11(8-12(13)17)14-18-16(6-7-16)15(20)19(14)9-10-2-3-10/h4-5,8,10,14,18H,2-3,6-7,9H2,1H3. The van der Waals surface area contributed by atoms with Gasteiger partial charge in [-0.2, -0.15) is 0 Å². The lowest BCUT2D eigenvalue weighted by molar-refractivity contribution is -0.131. The first-order valence-electron chi connectivity index (χ1n) is 7.55. The highest BCUT2D eigenvalue weighted by Crippen LogP contribution is 2.47. The Morgan fingerprint density at radius 2 is 2.19 bits per heavy atom. The fourth-order valence-electron chi connectivity index (χ4n) is 3.16. The van der Waals surface area contributed by atoms with Crippen molar-refractivity contribution in [2.75, 3.05) is 13.7 Å². The highest BCUT2D eigenvalue weighted by Gasteiger charge is 2.59. The first kappa shape index (κ1) is 13.1. The van der Waals surface area contributed by atoms with Crippen molar-refractivity contribution < 1.29 is 13.9 Å². The maximum Gasteiger partial charge on any atom is 0.244 e. The molecule has 0 radical (unpaired) electrons. The summed E-state index contributed by atoms with van der Waals surface area (Å²) < 4.78 is 18.9. The van der Waals surface area contributed by atoms with E-state index in [0.717, 1.165) is 24.9 Å². The summed E-state index contributed by atoms with van der Waals surface area (Å²) in [5, 5.41) is 3.42. The molecule has 1 aromatic carbocycles. The van der Waals surface area contributed by atoms with Gasteiger partial charge in [-0.05, 0) is 49.3 Å². The molecule has 1 aliphatic heterocycles. The normalized spacial score (nSPS) is 26.5. The molecule has 4 rings (SSSR count). The van der Waals surface area contributed by atoms with Crippen molar-refractivity contribution in [3.8, 4) is 5.75 Å². The van der Waals surface area contributed by atoms with E-state index in [1.54, 1.807) is 6.07 Å². The van der Waals surface area contributed by atoms with Crippen LogP contribution < -0.4 is 10.1 Å². The van der Waals surface area contributed by atoms with Gasteiger partial charge < -0.3 is 9.64 Å². The Balaban J connectivity index is 1.65. The molecule has 1 amide bonds. The van der Waals surface area contributed by atoms with Crippen molar-refractivity contribution in [3.63, 3.8) is 0 Å². The molecule has 2 saturated carbocycles. The molecule has 1 heterocycles. The summed E-state index contributed by atoms with van der Waals surface area (Å²) in [5.74, 6) is 0.663. The lowest BCUT2D eigenvalue weighted by Gasteiger charge is -2.24. The van der Waals surface area contributed by atoms with Gasteiger partial charge in [-0.1, -0.05) is 6.07 Å². The van der Waals surface area contributed by atoms with Gasteiger partial charge in [0.2, 0.25) is 5.91 Å². The quantitative estimate of drug-likeness (QED) is 0.924. The maximum atomic E-state index is 14.0. The first-order valence-corrected chi connectivity index (χ1v) is 7.55. The molecule has 112 valence electrons. The van der Waals surface area contributed by atoms with Crippen molar-refractivity contribution in [2.45, 2.75) is 37.4 Å². The summed E-state index contributed by atoms with van der Waals surface area (Å²) in [4.78, 5) is 14.5. The molecule has 4 nitrogen and oxygen atoms in total. The number of nitrogens with zero attached hydrogens (tertiary/aromatic N) is 1. The van der Waals surface area contributed by atoms with Crippen LogP contribution >= 0.6 is 0 Å². The number of hydrogen-bond donors (Lipinski definition) is 1. The molecule has 0 bridgehead atoms. The molecule has 1 saturated heterocycles. The summed E-state index contributed by atoms with van der Waals surface area (Å²) in [7, 11) is 1.45. The Bertz CT molecular complexity index is 596. The largest absolute Gasteiger partial charge is 0.494 e. The van der Waals surface area contributed by atoms with Crippen LogP contribution in [-0.4, -0.2) is 30.0 Å². The zero-order chi connectivity index (χ0) is 14.6. The number of methoxy groups -OCH3 is 1. The Morgan fingerprint density at radius 1 is 1.43 bits per heavy atom. The van der Waals surface area contributed by atoms with Crippen LogP contribution in [0.25, 0.3) is 0 Å². The van der Waals surface area contributed by atoms with E-state index < -0.39 is 0 Å². The predicted octanol–water partition coefficient (Wildman–Crippen LogP) is 2.21. The summed E-state index contributed by atoms with van der Waals surface area (Å²) in [6.07, 6.45) is 3.96. The van der Waals surface area contributed by atoms with E-state index in [4.69, 9.17) is 4.74 Å². The molecule has 21 heavy (non-hydrogen) atoms. The van der Waals surface area contributed by atoms with Crippen molar-refractivity contribution >= 4 is 5.91 Å². The Hall–Kier alpha value is -1.62. The van der Waals surface area contributed by atoms with E-state index in [-0.39, 0.29) is 29.2 Å². The molecule has 0 aromatic heterocycles. The summed E-state index contributed by atoms with van der Waals surface area (Å²) in [5.41, 5.74) is 0.432. The van der Waals surface area contributed by atoms with Crippen LogP contribution in [0.3, 0.4) is 0 Å². The second kappa shape index (κ2) is 4.44. The molecule has 1 spiro atoms. The van der Waals surface area contributed by atoms with Gasteiger partial charge in [-0.25, -0.2) is 4.39 Å². The average molecular weight is 290 g/mol. The van der Waals surface area contributed by atoms with Crippen molar-refractivity contribution in [3.05, 3.63) is 29.6 Å². The van der Waals surface area contributed by atoms with E-state index >= 15 is 0 Å². The molecular formula is C16H19FN2O2. The van der Waals surface area contributed by atoms with Crippen LogP contribution in [0.4, 0.5) is 4.39 Å². The summed E-state index contributed by atoms with van der Waals surface area (Å²) in [6, 6.07) is 4.95. The zero-order valence-corrected chi connectivity index (χ0v) is 12.1. The van der Waals surface area contributed by atoms with Crippen molar-refractivity contribution in [1.82, 2.24) is 10.2 Å². The van der Waals surface area contributed by atoms with Crippen LogP contribution in [0.1, 0.15) is 37.4 Å². The maximum absolute atomic E-state index is 14.0. The van der Waals surface area contributed by atoms with Gasteiger partial charge >= 0.3 is 0 Å². The first-order chi connectivity index (χ1) is 10.1. The highest BCUT2D eigenvalue weighted by atomic mass is 19.1. The van der Waals surface area contributed by atoms with Gasteiger partial charge in [0.15, 0.2) is 11.6 Å². The van der Waals surface area contributed by atoms with Crippen molar-refractivity contribution in [2.24, 2.45) is 5.92 Å². The van der Waals surface area contributed by atoms with E-state index in [2.05, 4.69) is 5.32 Å². The van der Waals surface area contributed by atoms with Gasteiger partial charge in [-0.15, -0.1) is 0 Å². The summed E-state index contributed by atoms with van der Waals surface area (Å²) in [6.45, 7) is 0.784. The molecule has 5 heteroatoms. The minimum absolute atomic E-state index is 0.190. The van der Waals surface area contributed by atoms with Crippen LogP contribution in [0.15, 0.2) is 18.2 Å². The minimum atomic E-state index is -0.382. The monoisotopic (exact) mass is 290 g/mol. The van der Waals surface area contributed by atoms with Gasteiger partial charge in [0.1, 0.15) is 11.7 Å². The van der Waals surface area contributed by atoms with E-state index in [1.165, 1.54) is 26.0 Å². The third kappa shape index (κ3) is 2.11. The molecule has 2 aliphatic carbocycles. The number of hydrogen-bond acceptors (Lipinski definition) is 3. The Kier molecular flexibility index (Phi) is 2.76. The van der Waals surface area contributed by atoms with Gasteiger partial charge in [0.25, 0.3) is 0 Å². The number of benzene rings is 1. The van der Waals surface area contributed by atoms with E-state index in [9.17, 15) is 9.18 Å². The fraction of sp³-hybridized carbons (Fsp3) is 0.562. The Morgan fingerprint density at radius 3 is 2.76 bits per heavy atom. The predicted molar refractivity (Wildman–Crippen MR) is 75.2 cm³/mol. The molecule has 1 atom stereocenters. The van der Waals surface area contributed by atoms with Crippen molar-refractivity contribution in [1.29, 1.82) is 0 Å². The van der Waals surface area contributed by atoms with Crippen LogP contribution in [0.2, 0.25) is 0 Å². The van der Waals surface area contributed by atoms with Gasteiger partial charge in [0.05, 0.1) is 7.11 Å². The van der Waals surface area contributed by atoms with E-state index in [1.807, 2.05) is 11.0 Å². The molecule has 3 aliphatic rings. The summed E-state index contributed by atoms with van der Waals surface area (Å²) >= 11 is 0. The van der Waals surface area contributed by atoms with Gasteiger partial charge in [0, 0.05) is 6.54 Å². The lowest BCUT2D eigenvalue weighted by Crippen LogP contribution is -2.33. The molecule has 1 aromatic rings. The average Bonchev–Trinajstić information content (AvgIpc) is 3.37. The third-order valence-electron chi connectivity index (χ3n) is 4.79. The third-order valence-corrected chi connectivity index (χ3v) is 4.79. The fourth-order valence-corrected chi connectivity index (χ4v) is 3.16. The number of carbonyl (C=O) groups excluding carboxylic acids is 1.